The van der Waals surface area contributed by atoms with Crippen molar-refractivity contribution in [1.82, 2.24) is 0 Å². The fourth-order valence-electron chi connectivity index (χ4n) is 1.18. The molecule has 15 heavy (non-hydrogen) atoms. The fourth-order valence-corrected chi connectivity index (χ4v) is 1.18. The van der Waals surface area contributed by atoms with Crippen molar-refractivity contribution in [3.63, 3.8) is 0 Å². The summed E-state index contributed by atoms with van der Waals surface area (Å²) in [6.45, 7) is 4.17. The Hall–Kier alpha value is -1.31. The van der Waals surface area contributed by atoms with Crippen LogP contribution in [0.4, 0.5) is 0 Å². The van der Waals surface area contributed by atoms with Crippen LogP contribution >= 0.6 is 0 Å². The largest absolute Gasteiger partial charge is 0.478 e. The first-order valence-corrected chi connectivity index (χ1v) is 5.34. The van der Waals surface area contributed by atoms with E-state index in [4.69, 9.17) is 5.11 Å². The van der Waals surface area contributed by atoms with Gasteiger partial charge < -0.3 is 5.11 Å². The summed E-state index contributed by atoms with van der Waals surface area (Å²) in [5.41, 5.74) is 0. The van der Waals surface area contributed by atoms with Crippen LogP contribution in [0.25, 0.3) is 0 Å². The van der Waals surface area contributed by atoms with Crippen molar-refractivity contribution in [2.24, 2.45) is 5.92 Å². The Balaban J connectivity index is 3.57. The Morgan fingerprint density at radius 2 is 2.07 bits per heavy atom. The molecule has 0 aliphatic heterocycles. The molecule has 0 aliphatic rings. The molecule has 0 heterocycles. The van der Waals surface area contributed by atoms with Crippen molar-refractivity contribution in [1.29, 1.82) is 0 Å². The minimum absolute atomic E-state index is 0.602. The lowest BCUT2D eigenvalue weighted by molar-refractivity contribution is -0.131. The maximum atomic E-state index is 10.2. The molecule has 0 aromatic heterocycles. The molecule has 1 N–H and O–H groups in total. The molecule has 0 aliphatic carbocycles. The number of rotatable bonds is 7. The van der Waals surface area contributed by atoms with E-state index in [0.29, 0.717) is 5.92 Å². The van der Waals surface area contributed by atoms with Crippen LogP contribution in [0.3, 0.4) is 0 Å². The van der Waals surface area contributed by atoms with Crippen LogP contribution in [-0.4, -0.2) is 11.1 Å². The van der Waals surface area contributed by atoms with E-state index >= 15 is 0 Å². The molecule has 0 aromatic carbocycles. The Bertz CT molecular complexity index is 249. The van der Waals surface area contributed by atoms with Crippen molar-refractivity contribution in [2.75, 3.05) is 0 Å². The molecule has 0 saturated carbocycles. The summed E-state index contributed by atoms with van der Waals surface area (Å²) in [6, 6.07) is 0. The third-order valence-electron chi connectivity index (χ3n) is 2.06. The molecule has 0 fully saturated rings. The molecule has 84 valence electrons. The van der Waals surface area contributed by atoms with E-state index in [2.05, 4.69) is 13.0 Å². The highest BCUT2D eigenvalue weighted by molar-refractivity contribution is 5.79. The van der Waals surface area contributed by atoms with Gasteiger partial charge in [-0.1, -0.05) is 37.3 Å². The molecule has 0 saturated heterocycles. The summed E-state index contributed by atoms with van der Waals surface area (Å²) in [5.74, 6) is -0.263. The van der Waals surface area contributed by atoms with Gasteiger partial charge in [0.25, 0.3) is 0 Å². The third kappa shape index (κ3) is 10.6. The summed E-state index contributed by atoms with van der Waals surface area (Å²) in [6.07, 6.45) is 14.0. The lowest BCUT2D eigenvalue weighted by Crippen LogP contribution is -1.92. The predicted molar refractivity (Wildman–Crippen MR) is 63.7 cm³/mol. The predicted octanol–water partition coefficient (Wildman–Crippen LogP) is 3.57. The maximum Gasteiger partial charge on any atom is 0.327 e. The van der Waals surface area contributed by atoms with Crippen molar-refractivity contribution in [3.05, 3.63) is 36.5 Å². The van der Waals surface area contributed by atoms with E-state index < -0.39 is 5.97 Å². The van der Waals surface area contributed by atoms with E-state index in [0.717, 1.165) is 19.3 Å². The molecular weight excluding hydrogens is 189 g/mol. The Morgan fingerprint density at radius 3 is 2.67 bits per heavy atom. The first kappa shape index (κ1) is 13.7. The van der Waals surface area contributed by atoms with Crippen LogP contribution in [0.2, 0.25) is 0 Å². The second-order valence-corrected chi connectivity index (χ2v) is 3.61. The van der Waals surface area contributed by atoms with Gasteiger partial charge in [0.2, 0.25) is 0 Å². The highest BCUT2D eigenvalue weighted by Gasteiger charge is 1.97. The van der Waals surface area contributed by atoms with Crippen LogP contribution in [0.5, 0.6) is 0 Å². The molecular formula is C13H20O2. The SMILES string of the molecule is C/[13CH]=C/C=C/C[C@H](C)CC/C=C/C(=O)O. The van der Waals surface area contributed by atoms with Crippen molar-refractivity contribution < 1.29 is 9.90 Å². The van der Waals surface area contributed by atoms with Gasteiger partial charge in [0.05, 0.1) is 0 Å². The standard InChI is InChI=1S/C13H20O2/c1-3-4-5-6-9-12(2)10-7-8-11-13(14)15/h3-6,8,11-12H,7,9-10H2,1-2H3,(H,14,15)/b4-3+,6-5+,11-8+/t12-/m0/s1/i3+1. The normalized spacial score (nSPS) is 14.3. The van der Waals surface area contributed by atoms with Crippen molar-refractivity contribution in [2.45, 2.75) is 33.1 Å². The number of allylic oxidation sites excluding steroid dienone is 5. The van der Waals surface area contributed by atoms with Crippen LogP contribution in [0.1, 0.15) is 33.1 Å². The van der Waals surface area contributed by atoms with Crippen LogP contribution in [-0.2, 0) is 4.79 Å². The maximum absolute atomic E-state index is 10.2. The summed E-state index contributed by atoms with van der Waals surface area (Å²) < 4.78 is 0. The van der Waals surface area contributed by atoms with Gasteiger partial charge >= 0.3 is 5.97 Å². The van der Waals surface area contributed by atoms with E-state index in [1.54, 1.807) is 6.08 Å². The van der Waals surface area contributed by atoms with Gasteiger partial charge in [0.1, 0.15) is 0 Å². The summed E-state index contributed by atoms with van der Waals surface area (Å²) in [7, 11) is 0. The van der Waals surface area contributed by atoms with Gasteiger partial charge in [-0.05, 0) is 32.1 Å². The first-order valence-electron chi connectivity index (χ1n) is 5.34. The number of carbonyl (C=O) groups is 1. The molecule has 0 unspecified atom stereocenters. The quantitative estimate of drug-likeness (QED) is 0.395. The van der Waals surface area contributed by atoms with Crippen LogP contribution < -0.4 is 0 Å². The van der Waals surface area contributed by atoms with E-state index in [-0.39, 0.29) is 0 Å². The van der Waals surface area contributed by atoms with E-state index in [1.165, 1.54) is 6.08 Å². The molecule has 0 spiro atoms. The lowest BCUT2D eigenvalue weighted by atomic mass is 10.0. The molecule has 1 atom stereocenters. The third-order valence-corrected chi connectivity index (χ3v) is 2.06. The van der Waals surface area contributed by atoms with Gasteiger partial charge in [-0.3, -0.25) is 0 Å². The van der Waals surface area contributed by atoms with Gasteiger partial charge in [-0.15, -0.1) is 0 Å². The molecule has 0 rings (SSSR count). The zero-order valence-electron chi connectivity index (χ0n) is 9.52. The number of carboxylic acid groups (broad SMARTS) is 1. The molecule has 2 heteroatoms. The van der Waals surface area contributed by atoms with Crippen molar-refractivity contribution >= 4 is 5.97 Å². The summed E-state index contributed by atoms with van der Waals surface area (Å²) in [4.78, 5) is 10.2. The topological polar surface area (TPSA) is 37.3 Å². The Morgan fingerprint density at radius 1 is 1.33 bits per heavy atom. The first-order chi connectivity index (χ1) is 7.16. The monoisotopic (exact) mass is 209 g/mol. The minimum Gasteiger partial charge on any atom is -0.478 e. The van der Waals surface area contributed by atoms with E-state index in [9.17, 15) is 4.79 Å². The molecule has 0 aromatic rings. The lowest BCUT2D eigenvalue weighted by Gasteiger charge is -2.05. The average molecular weight is 209 g/mol. The number of hydrogen-bond donors (Lipinski definition) is 1. The minimum atomic E-state index is -0.865. The summed E-state index contributed by atoms with van der Waals surface area (Å²) in [5, 5.41) is 8.37. The summed E-state index contributed by atoms with van der Waals surface area (Å²) >= 11 is 0. The fraction of sp³-hybridized carbons (Fsp3) is 0.462. The van der Waals surface area contributed by atoms with Crippen LogP contribution in [0.15, 0.2) is 36.5 Å². The second kappa shape index (κ2) is 9.25. The van der Waals surface area contributed by atoms with Gasteiger partial charge in [-0.25, -0.2) is 4.79 Å². The van der Waals surface area contributed by atoms with E-state index in [1.807, 2.05) is 25.2 Å². The molecule has 0 radical (unpaired) electrons. The van der Waals surface area contributed by atoms with Gasteiger partial charge in [0, 0.05) is 6.08 Å². The number of aliphatic carboxylic acids is 1. The smallest absolute Gasteiger partial charge is 0.327 e. The Kier molecular flexibility index (Phi) is 8.44. The zero-order valence-corrected chi connectivity index (χ0v) is 9.52. The average Bonchev–Trinajstić information content (AvgIpc) is 2.19. The molecule has 0 bridgehead atoms. The van der Waals surface area contributed by atoms with Crippen molar-refractivity contribution in [3.8, 4) is 0 Å². The van der Waals surface area contributed by atoms with Crippen LogP contribution in [0, 0.1) is 5.92 Å². The highest BCUT2D eigenvalue weighted by atomic mass is 16.4. The number of carboxylic acids is 1. The van der Waals surface area contributed by atoms with Gasteiger partial charge in [0.15, 0.2) is 0 Å². The highest BCUT2D eigenvalue weighted by Crippen LogP contribution is 2.11. The second-order valence-electron chi connectivity index (χ2n) is 3.61. The Labute approximate surface area is 92.0 Å². The molecule has 0 amide bonds. The molecule has 2 nitrogen and oxygen atoms in total. The zero-order chi connectivity index (χ0) is 11.5. The van der Waals surface area contributed by atoms with Gasteiger partial charge in [-0.2, -0.15) is 0 Å². The number of hydrogen-bond acceptors (Lipinski definition) is 1.